The first-order chi connectivity index (χ1) is 8.57. The van der Waals surface area contributed by atoms with E-state index in [4.69, 9.17) is 0 Å². The monoisotopic (exact) mass is 245 g/mol. The average Bonchev–Trinajstić information content (AvgIpc) is 2.33. The molecule has 0 aliphatic heterocycles. The predicted molar refractivity (Wildman–Crippen MR) is 77.7 cm³/mol. The van der Waals surface area contributed by atoms with Crippen LogP contribution in [0.15, 0.2) is 18.5 Å². The summed E-state index contributed by atoms with van der Waals surface area (Å²) in [6.45, 7) is 7.19. The average molecular weight is 245 g/mol. The van der Waals surface area contributed by atoms with Gasteiger partial charge in [-0.3, -0.25) is 4.98 Å². The first-order valence-electron chi connectivity index (χ1n) is 7.49. The van der Waals surface area contributed by atoms with Crippen molar-refractivity contribution in [1.29, 1.82) is 0 Å². The molecule has 1 nitrogen and oxygen atoms in total. The lowest BCUT2D eigenvalue weighted by Crippen LogP contribution is -2.21. The highest BCUT2D eigenvalue weighted by Crippen LogP contribution is 2.35. The Bertz CT molecular complexity index is 375. The molecule has 1 aliphatic carbocycles. The molecule has 0 amide bonds. The second kappa shape index (κ2) is 5.86. The molecule has 0 radical (unpaired) electrons. The number of fused-ring (bicyclic) bond motifs is 1. The molecular weight excluding hydrogens is 218 g/mol. The number of aryl methyl sites for hydroxylation is 2. The van der Waals surface area contributed by atoms with Gasteiger partial charge in [-0.05, 0) is 60.6 Å². The van der Waals surface area contributed by atoms with E-state index >= 15 is 0 Å². The van der Waals surface area contributed by atoms with Crippen LogP contribution in [0.4, 0.5) is 0 Å². The van der Waals surface area contributed by atoms with Crippen LogP contribution in [0.1, 0.15) is 64.0 Å². The summed E-state index contributed by atoms with van der Waals surface area (Å²) < 4.78 is 0. The van der Waals surface area contributed by atoms with Crippen LogP contribution in [0, 0.1) is 11.3 Å². The molecule has 0 fully saturated rings. The van der Waals surface area contributed by atoms with Crippen LogP contribution < -0.4 is 0 Å². The Morgan fingerprint density at radius 1 is 1.00 bits per heavy atom. The largest absolute Gasteiger partial charge is 0.264 e. The minimum atomic E-state index is 0.446. The lowest BCUT2D eigenvalue weighted by atomic mass is 9.74. The molecule has 0 bridgehead atoms. The van der Waals surface area contributed by atoms with Crippen molar-refractivity contribution in [2.45, 2.75) is 65.7 Å². The van der Waals surface area contributed by atoms with Crippen molar-refractivity contribution >= 4 is 0 Å². The summed E-state index contributed by atoms with van der Waals surface area (Å²) in [5.41, 5.74) is 3.48. The van der Waals surface area contributed by atoms with Crippen LogP contribution in [0.5, 0.6) is 0 Å². The Labute approximate surface area is 112 Å². The van der Waals surface area contributed by atoms with Crippen LogP contribution in [0.2, 0.25) is 0 Å². The van der Waals surface area contributed by atoms with Gasteiger partial charge in [0.15, 0.2) is 0 Å². The summed E-state index contributed by atoms with van der Waals surface area (Å²) in [7, 11) is 0. The molecule has 1 aromatic heterocycles. The van der Waals surface area contributed by atoms with Crippen molar-refractivity contribution in [3.63, 3.8) is 0 Å². The molecule has 0 saturated carbocycles. The van der Waals surface area contributed by atoms with Crippen LogP contribution in [-0.2, 0) is 12.8 Å². The maximum absolute atomic E-state index is 4.31. The zero-order valence-electron chi connectivity index (χ0n) is 12.2. The number of hydrogen-bond acceptors (Lipinski definition) is 1. The van der Waals surface area contributed by atoms with Gasteiger partial charge in [0.05, 0.1) is 0 Å². The third-order valence-electron chi connectivity index (χ3n) is 4.49. The third kappa shape index (κ3) is 3.57. The smallest absolute Gasteiger partial charge is 0.0302 e. The molecule has 1 atom stereocenters. The van der Waals surface area contributed by atoms with Gasteiger partial charge in [-0.2, -0.15) is 0 Å². The molecule has 18 heavy (non-hydrogen) atoms. The number of pyridine rings is 1. The molecular formula is C17H27N. The Hall–Kier alpha value is -0.850. The van der Waals surface area contributed by atoms with Gasteiger partial charge in [0.2, 0.25) is 0 Å². The normalized spacial score (nSPS) is 22.3. The van der Waals surface area contributed by atoms with Crippen LogP contribution in [0.25, 0.3) is 0 Å². The molecule has 1 heterocycles. The second-order valence-corrected chi connectivity index (χ2v) is 6.85. The van der Waals surface area contributed by atoms with E-state index in [0.29, 0.717) is 5.41 Å². The number of rotatable bonds is 0. The quantitative estimate of drug-likeness (QED) is 0.640. The Morgan fingerprint density at radius 2 is 1.83 bits per heavy atom. The van der Waals surface area contributed by atoms with Gasteiger partial charge in [0, 0.05) is 12.4 Å². The zero-order chi connectivity index (χ0) is 13.0. The summed E-state index contributed by atoms with van der Waals surface area (Å²) in [6, 6.07) is 2.23. The maximum atomic E-state index is 4.31. The molecule has 100 valence electrons. The van der Waals surface area contributed by atoms with Gasteiger partial charge in [-0.25, -0.2) is 0 Å². The highest BCUT2D eigenvalue weighted by molar-refractivity contribution is 5.23. The van der Waals surface area contributed by atoms with Crippen molar-refractivity contribution in [2.75, 3.05) is 0 Å². The topological polar surface area (TPSA) is 12.9 Å². The van der Waals surface area contributed by atoms with E-state index in [1.807, 2.05) is 6.20 Å². The van der Waals surface area contributed by atoms with Crippen LogP contribution >= 0.6 is 0 Å². The SMILES string of the molecule is CC(C)(C)C1CCCCCc2ccncc2CC1. The molecule has 0 spiro atoms. The Balaban J connectivity index is 2.13. The number of aromatic nitrogens is 1. The molecule has 2 rings (SSSR count). The van der Waals surface area contributed by atoms with Gasteiger partial charge in [0.25, 0.3) is 0 Å². The van der Waals surface area contributed by atoms with Crippen LogP contribution in [-0.4, -0.2) is 4.98 Å². The van der Waals surface area contributed by atoms with E-state index in [9.17, 15) is 0 Å². The van der Waals surface area contributed by atoms with Gasteiger partial charge >= 0.3 is 0 Å². The maximum Gasteiger partial charge on any atom is 0.0302 e. The van der Waals surface area contributed by atoms with Crippen molar-refractivity contribution < 1.29 is 0 Å². The minimum absolute atomic E-state index is 0.446. The van der Waals surface area contributed by atoms with E-state index in [-0.39, 0.29) is 0 Å². The highest BCUT2D eigenvalue weighted by Gasteiger charge is 2.24. The molecule has 1 aliphatic rings. The zero-order valence-corrected chi connectivity index (χ0v) is 12.2. The lowest BCUT2D eigenvalue weighted by Gasteiger charge is -2.31. The third-order valence-corrected chi connectivity index (χ3v) is 4.49. The van der Waals surface area contributed by atoms with Gasteiger partial charge in [-0.1, -0.05) is 33.6 Å². The minimum Gasteiger partial charge on any atom is -0.264 e. The summed E-state index contributed by atoms with van der Waals surface area (Å²) in [4.78, 5) is 4.31. The number of nitrogens with zero attached hydrogens (tertiary/aromatic N) is 1. The number of hydrogen-bond donors (Lipinski definition) is 0. The van der Waals surface area contributed by atoms with Gasteiger partial charge in [-0.15, -0.1) is 0 Å². The molecule has 0 N–H and O–H groups in total. The van der Waals surface area contributed by atoms with Crippen molar-refractivity contribution in [3.8, 4) is 0 Å². The predicted octanol–water partition coefficient (Wildman–Crippen LogP) is 4.79. The Morgan fingerprint density at radius 3 is 2.61 bits per heavy atom. The van der Waals surface area contributed by atoms with Gasteiger partial charge < -0.3 is 0 Å². The van der Waals surface area contributed by atoms with E-state index in [1.54, 1.807) is 5.56 Å². The first-order valence-corrected chi connectivity index (χ1v) is 7.49. The van der Waals surface area contributed by atoms with Crippen molar-refractivity contribution in [2.24, 2.45) is 11.3 Å². The van der Waals surface area contributed by atoms with Crippen molar-refractivity contribution in [3.05, 3.63) is 29.6 Å². The summed E-state index contributed by atoms with van der Waals surface area (Å²) in [5.74, 6) is 0.851. The summed E-state index contributed by atoms with van der Waals surface area (Å²) in [5, 5.41) is 0. The molecule has 0 saturated heterocycles. The lowest BCUT2D eigenvalue weighted by molar-refractivity contribution is 0.205. The highest BCUT2D eigenvalue weighted by atomic mass is 14.6. The summed E-state index contributed by atoms with van der Waals surface area (Å²) in [6.07, 6.45) is 13.4. The van der Waals surface area contributed by atoms with E-state index < -0.39 is 0 Å². The summed E-state index contributed by atoms with van der Waals surface area (Å²) >= 11 is 0. The molecule has 0 aromatic carbocycles. The van der Waals surface area contributed by atoms with Gasteiger partial charge in [0.1, 0.15) is 0 Å². The molecule has 1 aromatic rings. The first kappa shape index (κ1) is 13.6. The standard InChI is InChI=1S/C17H27N/c1-17(2,3)16-8-6-4-5-7-14-11-12-18-13-15(14)9-10-16/h11-13,16H,4-10H2,1-3H3. The fraction of sp³-hybridized carbons (Fsp3) is 0.706. The fourth-order valence-electron chi connectivity index (χ4n) is 3.15. The van der Waals surface area contributed by atoms with Crippen LogP contribution in [0.3, 0.4) is 0 Å². The fourth-order valence-corrected chi connectivity index (χ4v) is 3.15. The van der Waals surface area contributed by atoms with E-state index in [0.717, 1.165) is 5.92 Å². The van der Waals surface area contributed by atoms with E-state index in [2.05, 4.69) is 38.0 Å². The second-order valence-electron chi connectivity index (χ2n) is 6.85. The van der Waals surface area contributed by atoms with Crippen molar-refractivity contribution in [1.82, 2.24) is 4.98 Å². The van der Waals surface area contributed by atoms with E-state index in [1.165, 1.54) is 50.5 Å². The molecule has 1 unspecified atom stereocenters. The molecule has 1 heteroatoms. The Kier molecular flexibility index (Phi) is 4.42.